The van der Waals surface area contributed by atoms with Crippen LogP contribution < -0.4 is 4.74 Å². The molecule has 0 bridgehead atoms. The minimum Gasteiger partial charge on any atom is -0.465 e. The van der Waals surface area contributed by atoms with E-state index in [2.05, 4.69) is 0 Å². The van der Waals surface area contributed by atoms with Gasteiger partial charge in [-0.3, -0.25) is 0 Å². The van der Waals surface area contributed by atoms with Gasteiger partial charge >= 0.3 is 5.97 Å². The molecular weight excluding hydrogens is 240 g/mol. The third kappa shape index (κ3) is 3.85. The van der Waals surface area contributed by atoms with Gasteiger partial charge in [0.25, 0.3) is 0 Å². The number of hydrogen-bond acceptors (Lipinski definition) is 3. The molecule has 0 fully saturated rings. The van der Waals surface area contributed by atoms with Crippen molar-refractivity contribution in [3.63, 3.8) is 0 Å². The predicted octanol–water partition coefficient (Wildman–Crippen LogP) is 3.69. The van der Waals surface area contributed by atoms with E-state index in [1.54, 1.807) is 0 Å². The highest BCUT2D eigenvalue weighted by molar-refractivity contribution is 5.84. The van der Waals surface area contributed by atoms with Gasteiger partial charge in [-0.2, -0.15) is 0 Å². The van der Waals surface area contributed by atoms with Crippen LogP contribution in [-0.2, 0) is 9.53 Å². The normalized spacial score (nSPS) is 10.8. The Morgan fingerprint density at radius 1 is 1.16 bits per heavy atom. The average Bonchev–Trinajstić information content (AvgIpc) is 2.45. The third-order valence-corrected chi connectivity index (χ3v) is 2.58. The number of esters is 1. The van der Waals surface area contributed by atoms with Gasteiger partial charge in [0.15, 0.2) is 0 Å². The fraction of sp³-hybridized carbons (Fsp3) is 0.188. The van der Waals surface area contributed by atoms with Crippen LogP contribution in [0.15, 0.2) is 54.8 Å². The topological polar surface area (TPSA) is 35.5 Å². The van der Waals surface area contributed by atoms with Crippen molar-refractivity contribution in [1.82, 2.24) is 0 Å². The van der Waals surface area contributed by atoms with Gasteiger partial charge in [-0.15, -0.1) is 0 Å². The molecule has 0 heterocycles. The molecule has 2 rings (SSSR count). The third-order valence-electron chi connectivity index (χ3n) is 2.58. The van der Waals surface area contributed by atoms with Gasteiger partial charge in [0.2, 0.25) is 0 Å². The largest absolute Gasteiger partial charge is 0.465 e. The number of carbonyl (C=O) groups is 1. The van der Waals surface area contributed by atoms with Crippen LogP contribution in [0.3, 0.4) is 0 Å². The highest BCUT2D eigenvalue weighted by Gasteiger charge is 1.97. The maximum Gasteiger partial charge on any atom is 0.333 e. The van der Waals surface area contributed by atoms with E-state index in [-0.39, 0.29) is 5.97 Å². The molecule has 0 aliphatic rings. The summed E-state index contributed by atoms with van der Waals surface area (Å²) in [5, 5.41) is 2.25. The Morgan fingerprint density at radius 3 is 2.74 bits per heavy atom. The Balaban J connectivity index is 1.98. The summed E-state index contributed by atoms with van der Waals surface area (Å²) in [5.74, 6) is 0.306. The summed E-state index contributed by atoms with van der Waals surface area (Å²) < 4.78 is 10.3. The first-order chi connectivity index (χ1) is 9.29. The summed E-state index contributed by atoms with van der Waals surface area (Å²) in [6.45, 7) is 2.38. The number of benzene rings is 2. The van der Waals surface area contributed by atoms with Crippen LogP contribution >= 0.6 is 0 Å². The number of hydrogen-bond donors (Lipinski definition) is 0. The van der Waals surface area contributed by atoms with E-state index in [0.29, 0.717) is 12.4 Å². The van der Waals surface area contributed by atoms with Crippen molar-refractivity contribution in [2.24, 2.45) is 0 Å². The highest BCUT2D eigenvalue weighted by Crippen LogP contribution is 2.20. The molecule has 19 heavy (non-hydrogen) atoms. The number of carbonyl (C=O) groups excluding carboxylic acids is 1. The SMILES string of the molecule is CCCOC(=O)C=COc1ccc2ccccc2c1. The molecule has 0 spiro atoms. The van der Waals surface area contributed by atoms with Gasteiger partial charge in [0.1, 0.15) is 5.75 Å². The minimum atomic E-state index is -0.386. The van der Waals surface area contributed by atoms with E-state index in [1.807, 2.05) is 49.4 Å². The molecule has 3 nitrogen and oxygen atoms in total. The van der Waals surface area contributed by atoms with Gasteiger partial charge in [-0.25, -0.2) is 4.79 Å². The fourth-order valence-electron chi connectivity index (χ4n) is 1.66. The molecule has 3 heteroatoms. The van der Waals surface area contributed by atoms with Gasteiger partial charge in [0, 0.05) is 0 Å². The monoisotopic (exact) mass is 256 g/mol. The summed E-state index contributed by atoms with van der Waals surface area (Å²) >= 11 is 0. The Kier molecular flexibility index (Phi) is 4.56. The molecule has 0 aromatic heterocycles. The van der Waals surface area contributed by atoms with E-state index in [1.165, 1.54) is 12.3 Å². The zero-order valence-electron chi connectivity index (χ0n) is 10.8. The molecule has 0 saturated heterocycles. The summed E-state index contributed by atoms with van der Waals surface area (Å²) in [6, 6.07) is 13.8. The molecule has 0 unspecified atom stereocenters. The first-order valence-electron chi connectivity index (χ1n) is 6.28. The van der Waals surface area contributed by atoms with Crippen LogP contribution in [0.4, 0.5) is 0 Å². The standard InChI is InChI=1S/C16H16O3/c1-2-10-19-16(17)9-11-18-15-8-7-13-5-3-4-6-14(13)12-15/h3-9,11-12H,2,10H2,1H3. The molecule has 0 amide bonds. The fourth-order valence-corrected chi connectivity index (χ4v) is 1.66. The lowest BCUT2D eigenvalue weighted by Gasteiger charge is -2.02. The Hall–Kier alpha value is -2.29. The summed E-state index contributed by atoms with van der Waals surface area (Å²) in [7, 11) is 0. The van der Waals surface area contributed by atoms with Crippen LogP contribution in [-0.4, -0.2) is 12.6 Å². The van der Waals surface area contributed by atoms with Crippen molar-refractivity contribution >= 4 is 16.7 Å². The predicted molar refractivity (Wildman–Crippen MR) is 75.0 cm³/mol. The van der Waals surface area contributed by atoms with E-state index >= 15 is 0 Å². The van der Waals surface area contributed by atoms with Crippen LogP contribution in [0.5, 0.6) is 5.75 Å². The van der Waals surface area contributed by atoms with E-state index in [9.17, 15) is 4.79 Å². The van der Waals surface area contributed by atoms with E-state index < -0.39 is 0 Å². The molecule has 2 aromatic carbocycles. The van der Waals surface area contributed by atoms with Gasteiger partial charge in [-0.1, -0.05) is 37.3 Å². The van der Waals surface area contributed by atoms with Crippen molar-refractivity contribution in [3.05, 3.63) is 54.8 Å². The molecule has 98 valence electrons. The zero-order valence-corrected chi connectivity index (χ0v) is 10.8. The average molecular weight is 256 g/mol. The Labute approximate surface area is 112 Å². The van der Waals surface area contributed by atoms with Crippen LogP contribution in [0, 0.1) is 0 Å². The maximum absolute atomic E-state index is 11.2. The lowest BCUT2D eigenvalue weighted by molar-refractivity contribution is -0.137. The van der Waals surface area contributed by atoms with Crippen molar-refractivity contribution < 1.29 is 14.3 Å². The van der Waals surface area contributed by atoms with Crippen LogP contribution in [0.1, 0.15) is 13.3 Å². The highest BCUT2D eigenvalue weighted by atomic mass is 16.5. The molecule has 0 N–H and O–H groups in total. The lowest BCUT2D eigenvalue weighted by atomic mass is 10.1. The van der Waals surface area contributed by atoms with Crippen LogP contribution in [0.2, 0.25) is 0 Å². The second kappa shape index (κ2) is 6.59. The Bertz CT molecular complexity index is 587. The number of ether oxygens (including phenoxy) is 2. The van der Waals surface area contributed by atoms with Gasteiger partial charge in [-0.05, 0) is 29.3 Å². The van der Waals surface area contributed by atoms with Crippen molar-refractivity contribution in [1.29, 1.82) is 0 Å². The molecular formula is C16H16O3. The van der Waals surface area contributed by atoms with Crippen molar-refractivity contribution in [2.45, 2.75) is 13.3 Å². The quantitative estimate of drug-likeness (QED) is 0.465. The van der Waals surface area contributed by atoms with E-state index in [0.717, 1.165) is 17.2 Å². The Morgan fingerprint density at radius 2 is 1.95 bits per heavy atom. The van der Waals surface area contributed by atoms with E-state index in [4.69, 9.17) is 9.47 Å². The number of fused-ring (bicyclic) bond motifs is 1. The van der Waals surface area contributed by atoms with Crippen molar-refractivity contribution in [3.8, 4) is 5.75 Å². The molecule has 0 atom stereocenters. The first kappa shape index (κ1) is 13.1. The summed E-state index contributed by atoms with van der Waals surface area (Å²) in [6.07, 6.45) is 3.44. The van der Waals surface area contributed by atoms with Crippen LogP contribution in [0.25, 0.3) is 10.8 Å². The second-order valence-corrected chi connectivity index (χ2v) is 4.10. The van der Waals surface area contributed by atoms with Gasteiger partial charge < -0.3 is 9.47 Å². The van der Waals surface area contributed by atoms with Gasteiger partial charge in [0.05, 0.1) is 18.9 Å². The summed E-state index contributed by atoms with van der Waals surface area (Å²) in [5.41, 5.74) is 0. The molecule has 2 aromatic rings. The lowest BCUT2D eigenvalue weighted by Crippen LogP contribution is -2.01. The number of rotatable bonds is 5. The summed E-state index contributed by atoms with van der Waals surface area (Å²) in [4.78, 5) is 11.2. The second-order valence-electron chi connectivity index (χ2n) is 4.10. The zero-order chi connectivity index (χ0) is 13.5. The minimum absolute atomic E-state index is 0.386. The molecule has 0 radical (unpaired) electrons. The smallest absolute Gasteiger partial charge is 0.333 e. The first-order valence-corrected chi connectivity index (χ1v) is 6.28. The molecule has 0 saturated carbocycles. The maximum atomic E-state index is 11.2. The molecule has 0 aliphatic heterocycles. The van der Waals surface area contributed by atoms with Crippen molar-refractivity contribution in [2.75, 3.05) is 6.61 Å². The molecule has 0 aliphatic carbocycles.